The van der Waals surface area contributed by atoms with Crippen LogP contribution in [0.1, 0.15) is 37.3 Å². The van der Waals surface area contributed by atoms with Crippen molar-refractivity contribution in [3.63, 3.8) is 0 Å². The number of carbonyl (C=O) groups is 2. The van der Waals surface area contributed by atoms with Crippen LogP contribution in [0.15, 0.2) is 41.3 Å². The van der Waals surface area contributed by atoms with E-state index in [9.17, 15) is 14.4 Å². The van der Waals surface area contributed by atoms with Gasteiger partial charge in [0, 0.05) is 61.9 Å². The van der Waals surface area contributed by atoms with Gasteiger partial charge in [-0.2, -0.15) is 0 Å². The molecule has 0 unspecified atom stereocenters. The first kappa shape index (κ1) is 19.4. The smallest absolute Gasteiger partial charge is 0.305 e. The van der Waals surface area contributed by atoms with Crippen LogP contribution in [0.2, 0.25) is 0 Å². The molecule has 2 aliphatic heterocycles. The first-order chi connectivity index (χ1) is 14.0. The van der Waals surface area contributed by atoms with Crippen LogP contribution in [-0.2, 0) is 20.9 Å². The van der Waals surface area contributed by atoms with E-state index >= 15 is 0 Å². The summed E-state index contributed by atoms with van der Waals surface area (Å²) in [6, 6.07) is 9.36. The second kappa shape index (κ2) is 8.19. The molecule has 1 saturated heterocycles. The minimum atomic E-state index is -0.288. The number of esters is 1. The van der Waals surface area contributed by atoms with Crippen molar-refractivity contribution in [1.82, 2.24) is 14.5 Å². The van der Waals surface area contributed by atoms with Crippen LogP contribution in [0.4, 0.5) is 0 Å². The van der Waals surface area contributed by atoms with Gasteiger partial charge in [-0.25, -0.2) is 0 Å². The summed E-state index contributed by atoms with van der Waals surface area (Å²) >= 11 is 0. The number of methoxy groups -OCH3 is 1. The Labute approximate surface area is 169 Å². The molecule has 0 aliphatic carbocycles. The summed E-state index contributed by atoms with van der Waals surface area (Å²) in [6.45, 7) is 1.92. The fourth-order valence-corrected chi connectivity index (χ4v) is 4.49. The van der Waals surface area contributed by atoms with Crippen molar-refractivity contribution in [1.29, 1.82) is 0 Å². The van der Waals surface area contributed by atoms with Gasteiger partial charge < -0.3 is 14.2 Å². The standard InChI is InChI=1S/C22H25N3O4/c1-29-22(28)7-4-6-20(26)24-12-15-9-17(14-24)19-10-16(11-21(27)25(19)13-15)18-5-2-3-8-23-18/h2-3,5,8,10-11,15,17H,4,6-7,9,12-14H2,1H3/t15-,17+/m0/s1. The highest BCUT2D eigenvalue weighted by atomic mass is 16.5. The second-order valence-electron chi connectivity index (χ2n) is 7.86. The maximum Gasteiger partial charge on any atom is 0.305 e. The molecule has 2 aliphatic rings. The third kappa shape index (κ3) is 4.09. The molecular formula is C22H25N3O4. The van der Waals surface area contributed by atoms with E-state index in [0.29, 0.717) is 32.5 Å². The van der Waals surface area contributed by atoms with Gasteiger partial charge in [0.25, 0.3) is 5.56 Å². The summed E-state index contributed by atoms with van der Waals surface area (Å²) in [5.41, 5.74) is 2.58. The zero-order chi connectivity index (χ0) is 20.4. The lowest BCUT2D eigenvalue weighted by Crippen LogP contribution is -2.49. The molecule has 0 N–H and O–H groups in total. The van der Waals surface area contributed by atoms with Crippen molar-refractivity contribution in [3.8, 4) is 11.3 Å². The average Bonchev–Trinajstić information content (AvgIpc) is 2.74. The van der Waals surface area contributed by atoms with E-state index in [1.165, 1.54) is 7.11 Å². The number of hydrogen-bond acceptors (Lipinski definition) is 5. The molecule has 1 fully saturated rings. The van der Waals surface area contributed by atoms with Crippen LogP contribution in [0.3, 0.4) is 0 Å². The summed E-state index contributed by atoms with van der Waals surface area (Å²) in [7, 11) is 1.36. The third-order valence-corrected chi connectivity index (χ3v) is 5.87. The van der Waals surface area contributed by atoms with Gasteiger partial charge >= 0.3 is 5.97 Å². The Kier molecular flexibility index (Phi) is 5.47. The minimum Gasteiger partial charge on any atom is -0.469 e. The maximum absolute atomic E-state index is 12.7. The number of piperidine rings is 1. The first-order valence-electron chi connectivity index (χ1n) is 10.1. The van der Waals surface area contributed by atoms with Gasteiger partial charge in [-0.3, -0.25) is 19.4 Å². The molecule has 4 heterocycles. The molecule has 0 saturated carbocycles. The van der Waals surface area contributed by atoms with Gasteiger partial charge in [0.2, 0.25) is 5.91 Å². The molecular weight excluding hydrogens is 370 g/mol. The number of amides is 1. The third-order valence-electron chi connectivity index (χ3n) is 5.87. The van der Waals surface area contributed by atoms with Crippen molar-refractivity contribution in [2.45, 2.75) is 38.1 Å². The summed E-state index contributed by atoms with van der Waals surface area (Å²) in [5, 5.41) is 0. The quantitative estimate of drug-likeness (QED) is 0.725. The van der Waals surface area contributed by atoms with E-state index < -0.39 is 0 Å². The van der Waals surface area contributed by atoms with E-state index in [4.69, 9.17) is 0 Å². The maximum atomic E-state index is 12.7. The summed E-state index contributed by atoms with van der Waals surface area (Å²) in [6.07, 6.45) is 3.80. The molecule has 2 bridgehead atoms. The lowest BCUT2D eigenvalue weighted by molar-refractivity contribution is -0.141. The number of aromatic nitrogens is 2. The Morgan fingerprint density at radius 1 is 1.17 bits per heavy atom. The summed E-state index contributed by atoms with van der Waals surface area (Å²) in [4.78, 5) is 42.9. The number of fused-ring (bicyclic) bond motifs is 4. The number of pyridine rings is 2. The van der Waals surface area contributed by atoms with Crippen molar-refractivity contribution >= 4 is 11.9 Å². The number of ether oxygens (including phenoxy) is 1. The van der Waals surface area contributed by atoms with Gasteiger partial charge in [0.05, 0.1) is 12.8 Å². The number of carbonyl (C=O) groups excluding carboxylic acids is 2. The predicted octanol–water partition coefficient (Wildman–Crippen LogP) is 2.20. The molecule has 2 aromatic rings. The van der Waals surface area contributed by atoms with Gasteiger partial charge in [-0.15, -0.1) is 0 Å². The molecule has 152 valence electrons. The molecule has 4 rings (SSSR count). The summed E-state index contributed by atoms with van der Waals surface area (Å²) < 4.78 is 6.50. The Balaban J connectivity index is 1.52. The van der Waals surface area contributed by atoms with E-state index in [0.717, 1.165) is 23.4 Å². The number of likely N-dealkylation sites (tertiary alicyclic amines) is 1. The van der Waals surface area contributed by atoms with Crippen molar-refractivity contribution in [3.05, 3.63) is 52.6 Å². The van der Waals surface area contributed by atoms with Crippen LogP contribution in [0.5, 0.6) is 0 Å². The van der Waals surface area contributed by atoms with Crippen LogP contribution in [-0.4, -0.2) is 46.5 Å². The molecule has 7 nitrogen and oxygen atoms in total. The zero-order valence-corrected chi connectivity index (χ0v) is 16.5. The summed E-state index contributed by atoms with van der Waals surface area (Å²) in [5.74, 6) is 0.205. The number of hydrogen-bond donors (Lipinski definition) is 0. The highest BCUT2D eigenvalue weighted by molar-refractivity contribution is 5.77. The second-order valence-corrected chi connectivity index (χ2v) is 7.86. The molecule has 29 heavy (non-hydrogen) atoms. The fraction of sp³-hybridized carbons (Fsp3) is 0.455. The van der Waals surface area contributed by atoms with Crippen molar-refractivity contribution in [2.24, 2.45) is 5.92 Å². The molecule has 7 heteroatoms. The van der Waals surface area contributed by atoms with E-state index in [2.05, 4.69) is 15.8 Å². The van der Waals surface area contributed by atoms with Crippen LogP contribution >= 0.6 is 0 Å². The monoisotopic (exact) mass is 395 g/mol. The predicted molar refractivity (Wildman–Crippen MR) is 107 cm³/mol. The van der Waals surface area contributed by atoms with E-state index in [1.807, 2.05) is 27.7 Å². The normalized spacial score (nSPS) is 20.1. The lowest BCUT2D eigenvalue weighted by Gasteiger charge is -2.43. The SMILES string of the molecule is COC(=O)CCCC(=O)N1C[C@@H]2C[C@H](C1)c1cc(-c3ccccn3)cc(=O)n1C2. The number of nitrogens with zero attached hydrogens (tertiary/aromatic N) is 3. The Hall–Kier alpha value is -2.96. The van der Waals surface area contributed by atoms with Crippen LogP contribution in [0, 0.1) is 5.92 Å². The van der Waals surface area contributed by atoms with Gasteiger partial charge in [0.15, 0.2) is 0 Å². The van der Waals surface area contributed by atoms with Gasteiger partial charge in [-0.1, -0.05) is 6.07 Å². The zero-order valence-electron chi connectivity index (χ0n) is 16.5. The average molecular weight is 395 g/mol. The topological polar surface area (TPSA) is 81.5 Å². The number of rotatable bonds is 5. The Morgan fingerprint density at radius 3 is 2.79 bits per heavy atom. The van der Waals surface area contributed by atoms with Crippen LogP contribution in [0.25, 0.3) is 11.3 Å². The Bertz CT molecular complexity index is 970. The van der Waals surface area contributed by atoms with Gasteiger partial charge in [-0.05, 0) is 37.0 Å². The molecule has 2 aromatic heterocycles. The van der Waals surface area contributed by atoms with Crippen molar-refractivity contribution in [2.75, 3.05) is 20.2 Å². The lowest BCUT2D eigenvalue weighted by atomic mass is 9.82. The fourth-order valence-electron chi connectivity index (χ4n) is 4.49. The van der Waals surface area contributed by atoms with Crippen molar-refractivity contribution < 1.29 is 14.3 Å². The largest absolute Gasteiger partial charge is 0.469 e. The molecule has 1 amide bonds. The minimum absolute atomic E-state index is 0.00397. The van der Waals surface area contributed by atoms with E-state index in [1.54, 1.807) is 12.3 Å². The molecule has 0 spiro atoms. The highest BCUT2D eigenvalue weighted by Crippen LogP contribution is 2.36. The van der Waals surface area contributed by atoms with Gasteiger partial charge in [0.1, 0.15) is 0 Å². The van der Waals surface area contributed by atoms with Crippen LogP contribution < -0.4 is 5.56 Å². The Morgan fingerprint density at radius 2 is 2.03 bits per heavy atom. The molecule has 2 atom stereocenters. The highest BCUT2D eigenvalue weighted by Gasteiger charge is 2.36. The first-order valence-corrected chi connectivity index (χ1v) is 10.1. The molecule has 0 aromatic carbocycles. The molecule has 0 radical (unpaired) electrons. The van der Waals surface area contributed by atoms with E-state index in [-0.39, 0.29) is 35.7 Å².